The second kappa shape index (κ2) is 6.35. The van der Waals surface area contributed by atoms with Crippen molar-refractivity contribution < 1.29 is 9.36 Å². The zero-order chi connectivity index (χ0) is 14.5. The third-order valence-corrected chi connectivity index (χ3v) is 3.13. The van der Waals surface area contributed by atoms with Crippen LogP contribution >= 0.6 is 11.6 Å². The normalized spacial score (nSPS) is 10.8. The first-order valence-corrected chi connectivity index (χ1v) is 6.60. The van der Waals surface area contributed by atoms with E-state index in [4.69, 9.17) is 11.6 Å². The maximum Gasteiger partial charge on any atom is 0.191 e. The van der Waals surface area contributed by atoms with Crippen LogP contribution in [0.15, 0.2) is 54.9 Å². The summed E-state index contributed by atoms with van der Waals surface area (Å²) in [7, 11) is 3.97. The van der Waals surface area contributed by atoms with Crippen LogP contribution in [0, 0.1) is 0 Å². The summed E-state index contributed by atoms with van der Waals surface area (Å²) >= 11 is 5.79. The fourth-order valence-electron chi connectivity index (χ4n) is 1.69. The molecule has 0 amide bonds. The van der Waals surface area contributed by atoms with Crippen molar-refractivity contribution in [3.63, 3.8) is 0 Å². The lowest BCUT2D eigenvalue weighted by atomic mass is 10.1. The highest BCUT2D eigenvalue weighted by Gasteiger charge is 2.04. The molecule has 2 rings (SSSR count). The van der Waals surface area contributed by atoms with Gasteiger partial charge in [0.15, 0.2) is 24.4 Å². The van der Waals surface area contributed by atoms with Crippen LogP contribution in [0.5, 0.6) is 0 Å². The summed E-state index contributed by atoms with van der Waals surface area (Å²) in [4.78, 5) is 14.0. The smallest absolute Gasteiger partial charge is 0.191 e. The maximum absolute atomic E-state index is 12.0. The molecule has 0 radical (unpaired) electrons. The molecule has 0 spiro atoms. The van der Waals surface area contributed by atoms with Gasteiger partial charge in [0.1, 0.15) is 0 Å². The number of rotatable bonds is 4. The van der Waals surface area contributed by atoms with Gasteiger partial charge in [-0.25, -0.2) is 0 Å². The average Bonchev–Trinajstić information content (AvgIpc) is 2.46. The predicted octanol–water partition coefficient (Wildman–Crippen LogP) is 3.05. The van der Waals surface area contributed by atoms with Crippen molar-refractivity contribution in [1.82, 2.24) is 0 Å². The van der Waals surface area contributed by atoms with Gasteiger partial charge in [-0.15, -0.1) is 0 Å². The molecule has 0 saturated heterocycles. The fraction of sp³-hybridized carbons (Fsp3) is 0.125. The lowest BCUT2D eigenvalue weighted by molar-refractivity contribution is -0.568. The van der Waals surface area contributed by atoms with Crippen LogP contribution in [0.25, 0.3) is 6.20 Å². The molecule has 0 saturated carbocycles. The van der Waals surface area contributed by atoms with Gasteiger partial charge < -0.3 is 4.90 Å². The number of pyridine rings is 1. The highest BCUT2D eigenvalue weighted by Crippen LogP contribution is 2.10. The van der Waals surface area contributed by atoms with E-state index in [9.17, 15) is 4.79 Å². The number of nitrogens with zero attached hydrogens (tertiary/aromatic N) is 2. The lowest BCUT2D eigenvalue weighted by Gasteiger charge is -2.09. The predicted molar refractivity (Wildman–Crippen MR) is 82.1 cm³/mol. The molecule has 0 N–H and O–H groups in total. The Morgan fingerprint density at radius 2 is 1.70 bits per heavy atom. The van der Waals surface area contributed by atoms with Gasteiger partial charge in [-0.3, -0.25) is 4.79 Å². The van der Waals surface area contributed by atoms with Gasteiger partial charge in [-0.05, 0) is 24.3 Å². The minimum absolute atomic E-state index is 0.0501. The van der Waals surface area contributed by atoms with Crippen LogP contribution in [0.4, 0.5) is 5.69 Å². The van der Waals surface area contributed by atoms with Crippen LogP contribution < -0.4 is 9.47 Å². The van der Waals surface area contributed by atoms with Crippen molar-refractivity contribution in [2.75, 3.05) is 19.0 Å². The Bertz CT molecular complexity index is 616. The first kappa shape index (κ1) is 14.3. The topological polar surface area (TPSA) is 24.2 Å². The third-order valence-electron chi connectivity index (χ3n) is 2.88. The maximum atomic E-state index is 12.0. The molecule has 3 nitrogen and oxygen atoms in total. The van der Waals surface area contributed by atoms with E-state index in [0.717, 1.165) is 5.69 Å². The standard InChI is InChI=1S/C16H16ClN2O/c1-18(2)15-7-10-19(11-8-15)12-9-16(20)13-3-5-14(17)6-4-13/h3-12H,1-2H3/q+1/b12-9-. The zero-order valence-corrected chi connectivity index (χ0v) is 12.2. The van der Waals surface area contributed by atoms with Crippen LogP contribution in [0.2, 0.25) is 5.02 Å². The van der Waals surface area contributed by atoms with Gasteiger partial charge in [0, 0.05) is 42.5 Å². The van der Waals surface area contributed by atoms with E-state index in [2.05, 4.69) is 0 Å². The lowest BCUT2D eigenvalue weighted by Crippen LogP contribution is -2.25. The number of aromatic nitrogens is 1. The number of allylic oxidation sites excluding steroid dienone is 1. The molecule has 0 bridgehead atoms. The average molecular weight is 288 g/mol. The SMILES string of the molecule is CN(C)c1cc[n+](/C=C\C(=O)c2ccc(Cl)cc2)cc1. The summed E-state index contributed by atoms with van der Waals surface area (Å²) in [6.07, 6.45) is 7.08. The third kappa shape index (κ3) is 3.68. The molecule has 0 aliphatic heterocycles. The molecule has 0 atom stereocenters. The summed E-state index contributed by atoms with van der Waals surface area (Å²) in [6, 6.07) is 10.8. The number of anilines is 1. The monoisotopic (exact) mass is 287 g/mol. The number of ketones is 1. The van der Waals surface area contributed by atoms with Crippen LogP contribution in [0.1, 0.15) is 10.4 Å². The van der Waals surface area contributed by atoms with Crippen molar-refractivity contribution in [3.8, 4) is 0 Å². The summed E-state index contributed by atoms with van der Waals surface area (Å²) in [6.45, 7) is 0. The first-order valence-electron chi connectivity index (χ1n) is 6.22. The number of hydrogen-bond acceptors (Lipinski definition) is 2. The van der Waals surface area contributed by atoms with Crippen LogP contribution in [-0.2, 0) is 0 Å². The number of carbonyl (C=O) groups is 1. The van der Waals surface area contributed by atoms with Crippen molar-refractivity contribution in [2.24, 2.45) is 0 Å². The second-order valence-electron chi connectivity index (χ2n) is 4.58. The van der Waals surface area contributed by atoms with E-state index in [1.54, 1.807) is 36.5 Å². The van der Waals surface area contributed by atoms with E-state index < -0.39 is 0 Å². The van der Waals surface area contributed by atoms with E-state index >= 15 is 0 Å². The first-order chi connectivity index (χ1) is 9.56. The largest absolute Gasteiger partial charge is 0.377 e. The van der Waals surface area contributed by atoms with Gasteiger partial charge in [-0.1, -0.05) is 11.6 Å². The molecule has 1 heterocycles. The van der Waals surface area contributed by atoms with Crippen LogP contribution in [0.3, 0.4) is 0 Å². The number of halogens is 1. The Morgan fingerprint density at radius 3 is 2.25 bits per heavy atom. The Morgan fingerprint density at radius 1 is 1.10 bits per heavy atom. The molecular formula is C16H16ClN2O+. The Labute approximate surface area is 123 Å². The Balaban J connectivity index is 2.08. The van der Waals surface area contributed by atoms with E-state index in [0.29, 0.717) is 10.6 Å². The molecule has 0 aliphatic rings. The molecule has 20 heavy (non-hydrogen) atoms. The van der Waals surface area contributed by atoms with Gasteiger partial charge in [-0.2, -0.15) is 4.57 Å². The molecule has 4 heteroatoms. The summed E-state index contributed by atoms with van der Waals surface area (Å²) in [5.41, 5.74) is 1.73. The molecule has 0 aliphatic carbocycles. The van der Waals surface area contributed by atoms with Crippen molar-refractivity contribution in [1.29, 1.82) is 0 Å². The minimum atomic E-state index is -0.0501. The van der Waals surface area contributed by atoms with Gasteiger partial charge in [0.05, 0.1) is 6.08 Å². The Hall–Kier alpha value is -2.13. The molecular weight excluding hydrogens is 272 g/mol. The number of hydrogen-bond donors (Lipinski definition) is 0. The molecule has 102 valence electrons. The van der Waals surface area contributed by atoms with Gasteiger partial charge in [0.2, 0.25) is 0 Å². The second-order valence-corrected chi connectivity index (χ2v) is 5.02. The molecule has 0 unspecified atom stereocenters. The zero-order valence-electron chi connectivity index (χ0n) is 11.5. The molecule has 1 aromatic carbocycles. The minimum Gasteiger partial charge on any atom is -0.377 e. The summed E-state index contributed by atoms with van der Waals surface area (Å²) < 4.78 is 1.83. The number of benzene rings is 1. The van der Waals surface area contributed by atoms with Gasteiger partial charge >= 0.3 is 0 Å². The summed E-state index contributed by atoms with van der Waals surface area (Å²) in [5.74, 6) is -0.0501. The molecule has 2 aromatic rings. The number of carbonyl (C=O) groups excluding carboxylic acids is 1. The van der Waals surface area contributed by atoms with Crippen molar-refractivity contribution >= 4 is 29.3 Å². The van der Waals surface area contributed by atoms with Gasteiger partial charge in [0.25, 0.3) is 0 Å². The highest BCUT2D eigenvalue weighted by atomic mass is 35.5. The van der Waals surface area contributed by atoms with Crippen LogP contribution in [-0.4, -0.2) is 19.9 Å². The van der Waals surface area contributed by atoms with Crippen molar-refractivity contribution in [3.05, 3.63) is 65.5 Å². The highest BCUT2D eigenvalue weighted by molar-refractivity contribution is 6.30. The fourth-order valence-corrected chi connectivity index (χ4v) is 1.82. The molecule has 1 aromatic heterocycles. The van der Waals surface area contributed by atoms with E-state index in [-0.39, 0.29) is 5.78 Å². The van der Waals surface area contributed by atoms with E-state index in [1.165, 1.54) is 0 Å². The van der Waals surface area contributed by atoms with Crippen molar-refractivity contribution in [2.45, 2.75) is 0 Å². The quantitative estimate of drug-likeness (QED) is 0.490. The van der Waals surface area contributed by atoms with E-state index in [1.807, 2.05) is 48.1 Å². The molecule has 0 fully saturated rings. The Kier molecular flexibility index (Phi) is 4.53. The summed E-state index contributed by atoms with van der Waals surface area (Å²) in [5, 5.41) is 0.624.